The third kappa shape index (κ3) is 4.62. The summed E-state index contributed by atoms with van der Waals surface area (Å²) in [5.41, 5.74) is 3.56. The first-order chi connectivity index (χ1) is 17.6. The summed E-state index contributed by atoms with van der Waals surface area (Å²) >= 11 is 0. The Morgan fingerprint density at radius 1 is 0.861 bits per heavy atom. The second kappa shape index (κ2) is 10.3. The maximum absolute atomic E-state index is 12.4. The van der Waals surface area contributed by atoms with Crippen molar-refractivity contribution in [3.05, 3.63) is 152 Å². The molecule has 0 saturated heterocycles. The number of H-pyrrole nitrogens is 1. The lowest BCUT2D eigenvalue weighted by Crippen LogP contribution is -2.35. The zero-order valence-electron chi connectivity index (χ0n) is 20.4. The van der Waals surface area contributed by atoms with Crippen LogP contribution in [0.25, 0.3) is 0 Å². The molecule has 1 N–H and O–H groups in total. The van der Waals surface area contributed by atoms with E-state index in [-0.39, 0.29) is 17.3 Å². The van der Waals surface area contributed by atoms with Crippen LogP contribution in [0.1, 0.15) is 47.6 Å². The summed E-state index contributed by atoms with van der Waals surface area (Å²) < 4.78 is 8.60. The Balaban J connectivity index is 1.47. The van der Waals surface area contributed by atoms with Gasteiger partial charge in [-0.3, -0.25) is 14.3 Å². The molecule has 4 aromatic rings. The molecule has 0 amide bonds. The predicted octanol–water partition coefficient (Wildman–Crippen LogP) is 5.51. The van der Waals surface area contributed by atoms with E-state index >= 15 is 0 Å². The SMILES string of the molecule is Cc1cn(C2CC=C(COC(c3ccccc3)(c3ccccc3)c3ccccc3)CC2)c(=O)[nH]c1=O. The van der Waals surface area contributed by atoms with Gasteiger partial charge >= 0.3 is 5.69 Å². The second-order valence-electron chi connectivity index (χ2n) is 9.34. The number of aromatic amines is 1. The molecular formula is C31H30N2O3. The average Bonchev–Trinajstić information content (AvgIpc) is 2.93. The van der Waals surface area contributed by atoms with Gasteiger partial charge in [0, 0.05) is 17.8 Å². The van der Waals surface area contributed by atoms with Crippen LogP contribution in [0, 0.1) is 6.92 Å². The van der Waals surface area contributed by atoms with Crippen LogP contribution < -0.4 is 11.2 Å². The van der Waals surface area contributed by atoms with Crippen LogP contribution in [0.3, 0.4) is 0 Å². The molecule has 1 unspecified atom stereocenters. The van der Waals surface area contributed by atoms with E-state index in [0.717, 1.165) is 36.0 Å². The van der Waals surface area contributed by atoms with Gasteiger partial charge in [-0.05, 0) is 48.4 Å². The molecule has 3 aromatic carbocycles. The Morgan fingerprint density at radius 2 is 1.39 bits per heavy atom. The lowest BCUT2D eigenvalue weighted by Gasteiger charge is -2.36. The van der Waals surface area contributed by atoms with Crippen LogP contribution in [0.2, 0.25) is 0 Å². The van der Waals surface area contributed by atoms with Crippen LogP contribution in [0.4, 0.5) is 0 Å². The summed E-state index contributed by atoms with van der Waals surface area (Å²) in [5.74, 6) is 0. The smallest absolute Gasteiger partial charge is 0.328 e. The summed E-state index contributed by atoms with van der Waals surface area (Å²) in [4.78, 5) is 26.5. The number of benzene rings is 3. The van der Waals surface area contributed by atoms with E-state index in [2.05, 4.69) is 47.5 Å². The highest BCUT2D eigenvalue weighted by molar-refractivity contribution is 5.47. The summed E-state index contributed by atoms with van der Waals surface area (Å²) in [7, 11) is 0. The van der Waals surface area contributed by atoms with Crippen molar-refractivity contribution in [2.45, 2.75) is 37.8 Å². The van der Waals surface area contributed by atoms with Gasteiger partial charge in [-0.2, -0.15) is 0 Å². The van der Waals surface area contributed by atoms with Gasteiger partial charge < -0.3 is 4.74 Å². The Hall–Kier alpha value is -3.96. The molecule has 0 aliphatic heterocycles. The fourth-order valence-electron chi connectivity index (χ4n) is 5.09. The standard InChI is InChI=1S/C31H30N2O3/c1-23-21-33(30(35)32-29(23)34)28-19-17-24(18-20-28)22-36-31(25-11-5-2-6-12-25,26-13-7-3-8-14-26)27-15-9-4-10-16-27/h2-17,21,28H,18-20,22H2,1H3,(H,32,34,35). The number of aryl methyl sites for hydroxylation is 1. The van der Waals surface area contributed by atoms with Crippen LogP contribution in [0.5, 0.6) is 0 Å². The molecule has 5 heteroatoms. The zero-order chi connectivity index (χ0) is 25.0. The summed E-state index contributed by atoms with van der Waals surface area (Å²) in [6, 6.07) is 31.1. The van der Waals surface area contributed by atoms with Crippen molar-refractivity contribution in [2.75, 3.05) is 6.61 Å². The minimum atomic E-state index is -0.756. The maximum atomic E-state index is 12.4. The van der Waals surface area contributed by atoms with Crippen molar-refractivity contribution in [1.29, 1.82) is 0 Å². The molecule has 1 atom stereocenters. The highest BCUT2D eigenvalue weighted by Crippen LogP contribution is 2.41. The van der Waals surface area contributed by atoms with Gasteiger partial charge in [0.15, 0.2) is 0 Å². The Bertz CT molecular complexity index is 1360. The van der Waals surface area contributed by atoms with Crippen molar-refractivity contribution >= 4 is 0 Å². The number of nitrogens with one attached hydrogen (secondary N) is 1. The molecule has 36 heavy (non-hydrogen) atoms. The third-order valence-electron chi connectivity index (χ3n) is 7.03. The topological polar surface area (TPSA) is 64.1 Å². The first-order valence-corrected chi connectivity index (χ1v) is 12.4. The molecule has 0 radical (unpaired) electrons. The zero-order valence-corrected chi connectivity index (χ0v) is 20.4. The van der Waals surface area contributed by atoms with Crippen LogP contribution in [-0.2, 0) is 10.3 Å². The number of hydrogen-bond acceptors (Lipinski definition) is 3. The molecular weight excluding hydrogens is 448 g/mol. The van der Waals surface area contributed by atoms with Gasteiger partial charge in [0.1, 0.15) is 5.60 Å². The van der Waals surface area contributed by atoms with Crippen LogP contribution >= 0.6 is 0 Å². The van der Waals surface area contributed by atoms with Crippen LogP contribution in [-0.4, -0.2) is 16.2 Å². The van der Waals surface area contributed by atoms with E-state index in [0.29, 0.717) is 12.2 Å². The third-order valence-corrected chi connectivity index (χ3v) is 7.03. The van der Waals surface area contributed by atoms with Crippen molar-refractivity contribution in [1.82, 2.24) is 9.55 Å². The Morgan fingerprint density at radius 3 is 1.86 bits per heavy atom. The molecule has 0 bridgehead atoms. The van der Waals surface area contributed by atoms with E-state index in [1.165, 1.54) is 5.57 Å². The Labute approximate surface area is 210 Å². The molecule has 182 valence electrons. The fraction of sp³-hybridized carbons (Fsp3) is 0.226. The van der Waals surface area contributed by atoms with E-state index in [9.17, 15) is 9.59 Å². The highest BCUT2D eigenvalue weighted by Gasteiger charge is 2.37. The monoisotopic (exact) mass is 478 g/mol. The Kier molecular flexibility index (Phi) is 6.83. The fourth-order valence-corrected chi connectivity index (χ4v) is 5.09. The quantitative estimate of drug-likeness (QED) is 0.282. The molecule has 0 saturated carbocycles. The van der Waals surface area contributed by atoms with E-state index in [1.54, 1.807) is 17.7 Å². The molecule has 1 heterocycles. The van der Waals surface area contributed by atoms with Crippen molar-refractivity contribution < 1.29 is 4.74 Å². The highest BCUT2D eigenvalue weighted by atomic mass is 16.5. The number of hydrogen-bond donors (Lipinski definition) is 1. The minimum Gasteiger partial charge on any atom is -0.357 e. The normalized spacial score (nSPS) is 15.9. The lowest BCUT2D eigenvalue weighted by molar-refractivity contribution is 0.0258. The molecule has 1 aliphatic rings. The first-order valence-electron chi connectivity index (χ1n) is 12.4. The molecule has 5 nitrogen and oxygen atoms in total. The summed E-state index contributed by atoms with van der Waals surface area (Å²) in [6.45, 7) is 2.20. The molecule has 5 rings (SSSR count). The van der Waals surface area contributed by atoms with Gasteiger partial charge in [0.05, 0.1) is 6.61 Å². The summed E-state index contributed by atoms with van der Waals surface area (Å²) in [6.07, 6.45) is 6.22. The summed E-state index contributed by atoms with van der Waals surface area (Å²) in [5, 5.41) is 0. The molecule has 1 aromatic heterocycles. The number of allylic oxidation sites excluding steroid dienone is 1. The molecule has 1 aliphatic carbocycles. The van der Waals surface area contributed by atoms with E-state index in [4.69, 9.17) is 4.74 Å². The van der Waals surface area contributed by atoms with E-state index < -0.39 is 5.60 Å². The van der Waals surface area contributed by atoms with Crippen molar-refractivity contribution in [3.63, 3.8) is 0 Å². The van der Waals surface area contributed by atoms with Crippen molar-refractivity contribution in [2.24, 2.45) is 0 Å². The van der Waals surface area contributed by atoms with Crippen LogP contribution in [0.15, 0.2) is 118 Å². The minimum absolute atomic E-state index is 0.0268. The average molecular weight is 479 g/mol. The lowest BCUT2D eigenvalue weighted by atomic mass is 9.80. The van der Waals surface area contributed by atoms with Gasteiger partial charge in [-0.25, -0.2) is 4.79 Å². The van der Waals surface area contributed by atoms with Gasteiger partial charge in [-0.1, -0.05) is 97.1 Å². The van der Waals surface area contributed by atoms with Gasteiger partial charge in [-0.15, -0.1) is 0 Å². The molecule has 0 spiro atoms. The number of rotatable bonds is 7. The number of aromatic nitrogens is 2. The maximum Gasteiger partial charge on any atom is 0.328 e. The number of nitrogens with zero attached hydrogens (tertiary/aromatic N) is 1. The first kappa shape index (κ1) is 23.8. The van der Waals surface area contributed by atoms with Gasteiger partial charge in [0.2, 0.25) is 0 Å². The van der Waals surface area contributed by atoms with Crippen molar-refractivity contribution in [3.8, 4) is 0 Å². The largest absolute Gasteiger partial charge is 0.357 e. The molecule has 0 fully saturated rings. The second-order valence-corrected chi connectivity index (χ2v) is 9.34. The predicted molar refractivity (Wildman–Crippen MR) is 142 cm³/mol. The van der Waals surface area contributed by atoms with Gasteiger partial charge in [0.25, 0.3) is 5.56 Å². The number of ether oxygens (including phenoxy) is 1. The van der Waals surface area contributed by atoms with E-state index in [1.807, 2.05) is 54.6 Å².